The van der Waals surface area contributed by atoms with Crippen LogP contribution in [0.5, 0.6) is 0 Å². The topological polar surface area (TPSA) is 101 Å². The molecule has 9 heteroatoms. The summed E-state index contributed by atoms with van der Waals surface area (Å²) in [5.41, 5.74) is 2.89. The average molecular weight is 587 g/mol. The van der Waals surface area contributed by atoms with Gasteiger partial charge in [-0.25, -0.2) is 21.6 Å². The van der Waals surface area contributed by atoms with Gasteiger partial charge in [0, 0.05) is 6.20 Å². The van der Waals surface area contributed by atoms with Gasteiger partial charge in [0.2, 0.25) is 10.0 Å². The number of aryl methyl sites for hydroxylation is 2. The van der Waals surface area contributed by atoms with Crippen LogP contribution in [0.4, 0.5) is 0 Å². The second kappa shape index (κ2) is 11.4. The van der Waals surface area contributed by atoms with Crippen molar-refractivity contribution in [3.05, 3.63) is 144 Å². The molecule has 3 atom stereocenters. The van der Waals surface area contributed by atoms with Crippen LogP contribution < -0.4 is 4.72 Å². The maximum atomic E-state index is 14.1. The van der Waals surface area contributed by atoms with Gasteiger partial charge in [0.15, 0.2) is 5.78 Å². The van der Waals surface area contributed by atoms with Gasteiger partial charge in [0.1, 0.15) is 0 Å². The molecular formula is C32H30N2O5S2. The van der Waals surface area contributed by atoms with Gasteiger partial charge in [0.05, 0.1) is 27.8 Å². The molecule has 4 aromatic rings. The Morgan fingerprint density at radius 3 is 1.76 bits per heavy atom. The van der Waals surface area contributed by atoms with Gasteiger partial charge in [-0.05, 0) is 55.3 Å². The molecule has 0 amide bonds. The highest BCUT2D eigenvalue weighted by molar-refractivity contribution is 7.89. The van der Waals surface area contributed by atoms with Crippen LogP contribution >= 0.6 is 0 Å². The Hall–Kier alpha value is -4.05. The highest BCUT2D eigenvalue weighted by atomic mass is 32.2. The van der Waals surface area contributed by atoms with E-state index in [4.69, 9.17) is 0 Å². The first-order valence-electron chi connectivity index (χ1n) is 13.1. The van der Waals surface area contributed by atoms with E-state index in [0.717, 1.165) is 11.1 Å². The molecule has 0 spiro atoms. The monoisotopic (exact) mass is 586 g/mol. The maximum Gasteiger partial charge on any atom is 0.264 e. The number of benzene rings is 4. The lowest BCUT2D eigenvalue weighted by molar-refractivity contribution is -0.121. The number of nitrogens with zero attached hydrogens (tertiary/aromatic N) is 1. The third-order valence-corrected chi connectivity index (χ3v) is 10.4. The van der Waals surface area contributed by atoms with E-state index < -0.39 is 43.8 Å². The predicted octanol–water partition coefficient (Wildman–Crippen LogP) is 5.47. The van der Waals surface area contributed by atoms with Crippen LogP contribution in [0.25, 0.3) is 0 Å². The molecule has 1 N–H and O–H groups in total. The fourth-order valence-corrected chi connectivity index (χ4v) is 7.78. The summed E-state index contributed by atoms with van der Waals surface area (Å²) in [7, 11) is -8.24. The molecule has 0 bridgehead atoms. The molecule has 210 valence electrons. The van der Waals surface area contributed by atoms with Crippen molar-refractivity contribution < 1.29 is 21.6 Å². The zero-order valence-corrected chi connectivity index (χ0v) is 24.2. The minimum absolute atomic E-state index is 0.0447. The van der Waals surface area contributed by atoms with E-state index in [-0.39, 0.29) is 9.79 Å². The van der Waals surface area contributed by atoms with Crippen LogP contribution in [-0.4, -0.2) is 26.9 Å². The van der Waals surface area contributed by atoms with E-state index in [2.05, 4.69) is 4.72 Å². The molecule has 0 saturated carbocycles. The summed E-state index contributed by atoms with van der Waals surface area (Å²) in [6.45, 7) is 3.72. The van der Waals surface area contributed by atoms with Crippen molar-refractivity contribution >= 4 is 25.8 Å². The number of sulfonamides is 2. The number of allylic oxidation sites excluding steroid dienone is 1. The van der Waals surface area contributed by atoms with Crippen molar-refractivity contribution in [1.82, 2.24) is 9.03 Å². The van der Waals surface area contributed by atoms with Crippen LogP contribution in [0.2, 0.25) is 0 Å². The molecule has 0 aromatic heterocycles. The first-order valence-corrected chi connectivity index (χ1v) is 16.0. The normalized spacial score (nSPS) is 18.3. The van der Waals surface area contributed by atoms with E-state index in [1.54, 1.807) is 84.9 Å². The third kappa shape index (κ3) is 5.88. The van der Waals surface area contributed by atoms with Gasteiger partial charge in [-0.2, -0.15) is 0 Å². The Labute approximate surface area is 241 Å². The molecule has 0 saturated heterocycles. The van der Waals surface area contributed by atoms with Crippen LogP contribution in [0, 0.1) is 19.8 Å². The first kappa shape index (κ1) is 28.5. The standard InChI is InChI=1S/C32H30N2O5S2/c1-23-13-17-27(18-14-23)40(36,37)33-31(25-9-5-3-6-10-25)30-29(35)21-22-34(32(30)26-11-7-4-8-12-26)41(38,39)28-19-15-24(2)16-20-28/h3-22,30-33H,1-2H3/t30-,31?,32-/m0/s1. The van der Waals surface area contributed by atoms with Gasteiger partial charge < -0.3 is 0 Å². The van der Waals surface area contributed by atoms with Crippen LogP contribution in [0.1, 0.15) is 34.3 Å². The van der Waals surface area contributed by atoms with Crippen molar-refractivity contribution in [3.63, 3.8) is 0 Å². The second-order valence-electron chi connectivity index (χ2n) is 10.1. The Kier molecular flexibility index (Phi) is 7.95. The number of hydrogen-bond donors (Lipinski definition) is 1. The van der Waals surface area contributed by atoms with Crippen molar-refractivity contribution in [3.8, 4) is 0 Å². The second-order valence-corrected chi connectivity index (χ2v) is 13.6. The quantitative estimate of drug-likeness (QED) is 0.295. The third-order valence-electron chi connectivity index (χ3n) is 7.20. The minimum Gasteiger partial charge on any atom is -0.294 e. The zero-order valence-electron chi connectivity index (χ0n) is 22.6. The number of ketones is 1. The van der Waals surface area contributed by atoms with E-state index in [1.165, 1.54) is 40.8 Å². The van der Waals surface area contributed by atoms with E-state index in [1.807, 2.05) is 13.8 Å². The summed E-state index contributed by atoms with van der Waals surface area (Å²) in [6, 6.07) is 28.4. The zero-order chi connectivity index (χ0) is 29.2. The van der Waals surface area contributed by atoms with Crippen molar-refractivity contribution in [2.45, 2.75) is 35.7 Å². The van der Waals surface area contributed by atoms with E-state index >= 15 is 0 Å². The van der Waals surface area contributed by atoms with Gasteiger partial charge in [-0.3, -0.25) is 9.10 Å². The molecule has 0 aliphatic carbocycles. The van der Waals surface area contributed by atoms with Crippen molar-refractivity contribution in [2.24, 2.45) is 5.92 Å². The highest BCUT2D eigenvalue weighted by Crippen LogP contribution is 2.43. The average Bonchev–Trinajstić information content (AvgIpc) is 2.97. The van der Waals surface area contributed by atoms with Crippen LogP contribution in [-0.2, 0) is 24.8 Å². The van der Waals surface area contributed by atoms with Crippen LogP contribution in [0.3, 0.4) is 0 Å². The minimum atomic E-state index is -4.13. The Morgan fingerprint density at radius 2 is 1.20 bits per heavy atom. The summed E-state index contributed by atoms with van der Waals surface area (Å²) >= 11 is 0. The molecular weight excluding hydrogens is 556 g/mol. The summed E-state index contributed by atoms with van der Waals surface area (Å²) in [6.07, 6.45) is 2.49. The molecule has 7 nitrogen and oxygen atoms in total. The van der Waals surface area contributed by atoms with Gasteiger partial charge in [-0.15, -0.1) is 0 Å². The molecule has 1 heterocycles. The van der Waals surface area contributed by atoms with Gasteiger partial charge in [-0.1, -0.05) is 96.1 Å². The molecule has 41 heavy (non-hydrogen) atoms. The van der Waals surface area contributed by atoms with E-state index in [9.17, 15) is 21.6 Å². The fraction of sp³-hybridized carbons (Fsp3) is 0.156. The molecule has 1 unspecified atom stereocenters. The Morgan fingerprint density at radius 1 is 0.683 bits per heavy atom. The predicted molar refractivity (Wildman–Crippen MR) is 158 cm³/mol. The molecule has 1 aliphatic rings. The smallest absolute Gasteiger partial charge is 0.264 e. The number of rotatable bonds is 8. The molecule has 0 fully saturated rings. The van der Waals surface area contributed by atoms with Crippen molar-refractivity contribution in [2.75, 3.05) is 0 Å². The maximum absolute atomic E-state index is 14.1. The Balaban J connectivity index is 1.68. The number of nitrogens with one attached hydrogen (secondary N) is 1. The Bertz CT molecular complexity index is 1770. The number of carbonyl (C=O) groups is 1. The lowest BCUT2D eigenvalue weighted by Crippen LogP contribution is -2.47. The number of hydrogen-bond acceptors (Lipinski definition) is 5. The lowest BCUT2D eigenvalue weighted by atomic mass is 9.80. The molecule has 4 aromatic carbocycles. The van der Waals surface area contributed by atoms with E-state index in [0.29, 0.717) is 11.1 Å². The van der Waals surface area contributed by atoms with Crippen LogP contribution in [0.15, 0.2) is 131 Å². The SMILES string of the molecule is Cc1ccc(S(=O)(=O)NC(c2ccccc2)[C@@H]2C(=O)C=CN(S(=O)(=O)c3ccc(C)cc3)[C@H]2c2ccccc2)cc1. The van der Waals surface area contributed by atoms with Crippen molar-refractivity contribution in [1.29, 1.82) is 0 Å². The van der Waals surface area contributed by atoms with Gasteiger partial charge >= 0.3 is 0 Å². The molecule has 5 rings (SSSR count). The highest BCUT2D eigenvalue weighted by Gasteiger charge is 2.46. The van der Waals surface area contributed by atoms with Gasteiger partial charge in [0.25, 0.3) is 10.0 Å². The summed E-state index contributed by atoms with van der Waals surface area (Å²) in [4.78, 5) is 13.9. The fourth-order valence-electron chi connectivity index (χ4n) is 5.04. The molecule has 1 aliphatic heterocycles. The number of carbonyl (C=O) groups excluding carboxylic acids is 1. The molecule has 0 radical (unpaired) electrons. The largest absolute Gasteiger partial charge is 0.294 e. The summed E-state index contributed by atoms with van der Waals surface area (Å²) in [5.74, 6) is -1.51. The lowest BCUT2D eigenvalue weighted by Gasteiger charge is -2.41. The summed E-state index contributed by atoms with van der Waals surface area (Å²) in [5, 5.41) is 0. The first-order chi connectivity index (χ1) is 19.6. The summed E-state index contributed by atoms with van der Waals surface area (Å²) < 4.78 is 59.4.